The van der Waals surface area contributed by atoms with E-state index in [1.807, 2.05) is 0 Å². The van der Waals surface area contributed by atoms with Crippen LogP contribution in [0.1, 0.15) is 10.4 Å². The molecule has 1 aromatic carbocycles. The topological polar surface area (TPSA) is 47.6 Å². The van der Waals surface area contributed by atoms with E-state index in [2.05, 4.69) is 21.2 Å². The number of carbonyl (C=O) groups is 1. The van der Waals surface area contributed by atoms with E-state index in [4.69, 9.17) is 9.47 Å². The first-order chi connectivity index (χ1) is 8.62. The van der Waals surface area contributed by atoms with Crippen molar-refractivity contribution in [3.05, 3.63) is 29.6 Å². The summed E-state index contributed by atoms with van der Waals surface area (Å²) >= 11 is 3.25. The number of ether oxygens (including phenoxy) is 2. The summed E-state index contributed by atoms with van der Waals surface area (Å²) in [6, 6.07) is 3.90. The summed E-state index contributed by atoms with van der Waals surface area (Å²) in [4.78, 5) is 11.8. The number of rotatable bonds is 6. The average molecular weight is 320 g/mol. The second-order valence-electron chi connectivity index (χ2n) is 3.63. The molecule has 0 aromatic heterocycles. The van der Waals surface area contributed by atoms with Gasteiger partial charge in [-0.2, -0.15) is 0 Å². The first-order valence-corrected chi connectivity index (χ1v) is 6.43. The zero-order chi connectivity index (χ0) is 13.5. The van der Waals surface area contributed by atoms with Gasteiger partial charge in [-0.25, -0.2) is 4.39 Å². The molecule has 1 aromatic rings. The second-order valence-corrected chi connectivity index (χ2v) is 4.27. The maximum absolute atomic E-state index is 13.6. The summed E-state index contributed by atoms with van der Waals surface area (Å²) < 4.78 is 23.5. The van der Waals surface area contributed by atoms with Crippen molar-refractivity contribution >= 4 is 21.8 Å². The molecule has 0 fully saturated rings. The molecule has 100 valence electrons. The molecule has 0 saturated carbocycles. The summed E-state index contributed by atoms with van der Waals surface area (Å²) in [6.45, 7) is 0.356. The zero-order valence-corrected chi connectivity index (χ0v) is 11.8. The number of amides is 1. The Kier molecular flexibility index (Phi) is 6.07. The Balaban J connectivity index is 2.77. The maximum Gasteiger partial charge on any atom is 0.254 e. The third-order valence-corrected chi connectivity index (χ3v) is 3.09. The van der Waals surface area contributed by atoms with Crippen LogP contribution >= 0.6 is 15.9 Å². The minimum absolute atomic E-state index is 0.0159. The summed E-state index contributed by atoms with van der Waals surface area (Å²) in [6.07, 6.45) is 0. The Bertz CT molecular complexity index is 414. The van der Waals surface area contributed by atoms with Gasteiger partial charge in [0.1, 0.15) is 11.6 Å². The van der Waals surface area contributed by atoms with Gasteiger partial charge >= 0.3 is 0 Å². The van der Waals surface area contributed by atoms with Gasteiger partial charge in [0, 0.05) is 18.5 Å². The molecule has 1 rings (SSSR count). The number of carbonyl (C=O) groups excluding carboxylic acids is 1. The number of methoxy groups -OCH3 is 2. The molecule has 0 radical (unpaired) electrons. The minimum atomic E-state index is -0.613. The Morgan fingerprint density at radius 2 is 2.22 bits per heavy atom. The molecular formula is C12H15BrFNO3. The molecule has 6 heteroatoms. The van der Waals surface area contributed by atoms with E-state index >= 15 is 0 Å². The van der Waals surface area contributed by atoms with Crippen molar-refractivity contribution in [2.24, 2.45) is 0 Å². The highest BCUT2D eigenvalue weighted by molar-refractivity contribution is 9.09. The summed E-state index contributed by atoms with van der Waals surface area (Å²) in [5.41, 5.74) is -0.0159. The number of halogens is 2. The lowest BCUT2D eigenvalue weighted by molar-refractivity contribution is 0.0904. The van der Waals surface area contributed by atoms with Crippen LogP contribution in [0.5, 0.6) is 5.75 Å². The fourth-order valence-corrected chi connectivity index (χ4v) is 1.74. The van der Waals surface area contributed by atoms with Crippen LogP contribution in [0.15, 0.2) is 18.2 Å². The fourth-order valence-electron chi connectivity index (χ4n) is 1.40. The van der Waals surface area contributed by atoms with Crippen molar-refractivity contribution in [1.82, 2.24) is 5.32 Å². The summed E-state index contributed by atoms with van der Waals surface area (Å²) in [7, 11) is 2.98. The molecule has 0 saturated heterocycles. The van der Waals surface area contributed by atoms with Crippen LogP contribution in [0.25, 0.3) is 0 Å². The predicted octanol–water partition coefficient (Wildman–Crippen LogP) is 1.97. The van der Waals surface area contributed by atoms with Gasteiger partial charge in [-0.1, -0.05) is 15.9 Å². The van der Waals surface area contributed by atoms with Gasteiger partial charge in [0.15, 0.2) is 0 Å². The number of nitrogens with one attached hydrogen (secondary N) is 1. The van der Waals surface area contributed by atoms with Gasteiger partial charge in [-0.3, -0.25) is 4.79 Å². The first kappa shape index (κ1) is 14.9. The SMILES string of the molecule is COCC(CBr)NC(=O)c1ccc(OC)cc1F. The molecule has 1 unspecified atom stereocenters. The van der Waals surface area contributed by atoms with Crippen LogP contribution in [0, 0.1) is 5.82 Å². The largest absolute Gasteiger partial charge is 0.497 e. The van der Waals surface area contributed by atoms with E-state index in [0.717, 1.165) is 0 Å². The molecule has 1 atom stereocenters. The van der Waals surface area contributed by atoms with E-state index in [1.54, 1.807) is 0 Å². The van der Waals surface area contributed by atoms with Crippen LogP contribution in [0.2, 0.25) is 0 Å². The molecule has 0 bridgehead atoms. The second kappa shape index (κ2) is 7.33. The molecule has 0 aliphatic carbocycles. The molecule has 0 heterocycles. The Labute approximate surface area is 114 Å². The van der Waals surface area contributed by atoms with E-state index in [9.17, 15) is 9.18 Å². The number of hydrogen-bond donors (Lipinski definition) is 1. The van der Waals surface area contributed by atoms with E-state index in [0.29, 0.717) is 17.7 Å². The standard InChI is InChI=1S/C12H15BrFNO3/c1-17-7-8(6-13)15-12(16)10-4-3-9(18-2)5-11(10)14/h3-5,8H,6-7H2,1-2H3,(H,15,16). The van der Waals surface area contributed by atoms with E-state index in [1.165, 1.54) is 32.4 Å². The highest BCUT2D eigenvalue weighted by Crippen LogP contribution is 2.16. The number of hydrogen-bond acceptors (Lipinski definition) is 3. The van der Waals surface area contributed by atoms with Gasteiger partial charge < -0.3 is 14.8 Å². The zero-order valence-electron chi connectivity index (χ0n) is 10.2. The fraction of sp³-hybridized carbons (Fsp3) is 0.417. The van der Waals surface area contributed by atoms with Crippen LogP contribution in [0.4, 0.5) is 4.39 Å². The minimum Gasteiger partial charge on any atom is -0.497 e. The van der Waals surface area contributed by atoms with Gasteiger partial charge in [-0.05, 0) is 12.1 Å². The summed E-state index contributed by atoms with van der Waals surface area (Å²) in [5, 5.41) is 3.20. The maximum atomic E-state index is 13.6. The van der Waals surface area contributed by atoms with Crippen LogP contribution in [0.3, 0.4) is 0 Å². The lowest BCUT2D eigenvalue weighted by Crippen LogP contribution is -2.39. The molecule has 0 spiro atoms. The molecular weight excluding hydrogens is 305 g/mol. The number of benzene rings is 1. The third-order valence-electron chi connectivity index (χ3n) is 2.31. The molecule has 0 aliphatic heterocycles. The molecule has 1 amide bonds. The first-order valence-electron chi connectivity index (χ1n) is 5.31. The normalized spacial score (nSPS) is 12.0. The lowest BCUT2D eigenvalue weighted by atomic mass is 10.2. The van der Waals surface area contributed by atoms with Gasteiger partial charge in [0.05, 0.1) is 25.3 Å². The number of alkyl halides is 1. The molecule has 18 heavy (non-hydrogen) atoms. The van der Waals surface area contributed by atoms with Crippen molar-refractivity contribution in [2.45, 2.75) is 6.04 Å². The van der Waals surface area contributed by atoms with Gasteiger partial charge in [-0.15, -0.1) is 0 Å². The van der Waals surface area contributed by atoms with Gasteiger partial charge in [0.25, 0.3) is 5.91 Å². The summed E-state index contributed by atoms with van der Waals surface area (Å²) in [5.74, 6) is -0.716. The predicted molar refractivity (Wildman–Crippen MR) is 69.9 cm³/mol. The van der Waals surface area contributed by atoms with Crippen molar-refractivity contribution in [1.29, 1.82) is 0 Å². The highest BCUT2D eigenvalue weighted by Gasteiger charge is 2.16. The van der Waals surface area contributed by atoms with Crippen molar-refractivity contribution in [3.8, 4) is 5.75 Å². The van der Waals surface area contributed by atoms with Gasteiger partial charge in [0.2, 0.25) is 0 Å². The van der Waals surface area contributed by atoms with Crippen molar-refractivity contribution in [2.75, 3.05) is 26.2 Å². The lowest BCUT2D eigenvalue weighted by Gasteiger charge is -2.15. The Morgan fingerprint density at radius 1 is 1.50 bits per heavy atom. The Hall–Kier alpha value is -1.14. The Morgan fingerprint density at radius 3 is 2.72 bits per heavy atom. The smallest absolute Gasteiger partial charge is 0.254 e. The van der Waals surface area contributed by atoms with E-state index < -0.39 is 11.7 Å². The highest BCUT2D eigenvalue weighted by atomic mass is 79.9. The quantitative estimate of drug-likeness (QED) is 0.816. The average Bonchev–Trinajstić information content (AvgIpc) is 2.37. The van der Waals surface area contributed by atoms with E-state index in [-0.39, 0.29) is 11.6 Å². The third kappa shape index (κ3) is 3.96. The molecule has 0 aliphatic rings. The van der Waals surface area contributed by atoms with Crippen LogP contribution < -0.4 is 10.1 Å². The molecule has 4 nitrogen and oxygen atoms in total. The monoisotopic (exact) mass is 319 g/mol. The van der Waals surface area contributed by atoms with Crippen molar-refractivity contribution in [3.63, 3.8) is 0 Å². The van der Waals surface area contributed by atoms with Crippen LogP contribution in [-0.4, -0.2) is 38.1 Å². The van der Waals surface area contributed by atoms with Crippen molar-refractivity contribution < 1.29 is 18.7 Å². The molecule has 1 N–H and O–H groups in total. The van der Waals surface area contributed by atoms with Crippen LogP contribution in [-0.2, 0) is 4.74 Å².